The van der Waals surface area contributed by atoms with Crippen molar-refractivity contribution in [1.29, 1.82) is 0 Å². The van der Waals surface area contributed by atoms with Crippen LogP contribution in [0.15, 0.2) is 12.3 Å². The van der Waals surface area contributed by atoms with Gasteiger partial charge in [0, 0.05) is 23.3 Å². The summed E-state index contributed by atoms with van der Waals surface area (Å²) in [7, 11) is -0.334. The number of carbonyl (C=O) groups excluding carboxylic acids is 1. The molecule has 1 fully saturated rings. The fourth-order valence-corrected chi connectivity index (χ4v) is 1.63. The van der Waals surface area contributed by atoms with Crippen molar-refractivity contribution in [2.24, 2.45) is 0 Å². The fraction of sp³-hybridized carbons (Fsp3) is 0.400. The molecule has 1 aromatic rings. The summed E-state index contributed by atoms with van der Waals surface area (Å²) >= 11 is 0. The quantitative estimate of drug-likeness (QED) is 0.527. The van der Waals surface area contributed by atoms with Gasteiger partial charge in [0.15, 0.2) is 0 Å². The number of ether oxygens (including phenoxy) is 1. The molecule has 2 rings (SSSR count). The van der Waals surface area contributed by atoms with E-state index in [-0.39, 0.29) is 5.56 Å². The van der Waals surface area contributed by atoms with Gasteiger partial charge in [-0.3, -0.25) is 4.98 Å². The molecule has 0 radical (unpaired) electrons. The number of hydrogen-bond donors (Lipinski definition) is 2. The maximum atomic E-state index is 11.3. The Labute approximate surface area is 93.2 Å². The Kier molecular flexibility index (Phi) is 2.94. The Bertz CT molecular complexity index is 417. The second-order valence-electron chi connectivity index (χ2n) is 3.84. The molecule has 16 heavy (non-hydrogen) atoms. The number of rotatable bonds is 3. The van der Waals surface area contributed by atoms with Gasteiger partial charge in [-0.05, 0) is 18.9 Å². The van der Waals surface area contributed by atoms with Crippen molar-refractivity contribution in [2.75, 3.05) is 7.11 Å². The molecule has 0 aliphatic heterocycles. The van der Waals surface area contributed by atoms with Gasteiger partial charge in [-0.2, -0.15) is 0 Å². The van der Waals surface area contributed by atoms with Crippen molar-refractivity contribution in [3.05, 3.63) is 23.5 Å². The zero-order valence-electron chi connectivity index (χ0n) is 8.88. The van der Waals surface area contributed by atoms with Crippen molar-refractivity contribution < 1.29 is 19.6 Å². The zero-order chi connectivity index (χ0) is 11.7. The molecule has 0 spiro atoms. The summed E-state index contributed by atoms with van der Waals surface area (Å²) in [4.78, 5) is 15.4. The van der Waals surface area contributed by atoms with E-state index in [2.05, 4.69) is 9.72 Å². The minimum absolute atomic E-state index is 0.231. The van der Waals surface area contributed by atoms with E-state index in [4.69, 9.17) is 0 Å². The van der Waals surface area contributed by atoms with Crippen molar-refractivity contribution in [3.8, 4) is 0 Å². The molecule has 84 valence electrons. The first kappa shape index (κ1) is 11.1. The highest BCUT2D eigenvalue weighted by molar-refractivity contribution is 6.59. The first-order valence-electron chi connectivity index (χ1n) is 5.07. The lowest BCUT2D eigenvalue weighted by molar-refractivity contribution is 0.0600. The molecule has 0 aromatic carbocycles. The minimum Gasteiger partial charge on any atom is -0.465 e. The van der Waals surface area contributed by atoms with E-state index < -0.39 is 13.1 Å². The van der Waals surface area contributed by atoms with Crippen LogP contribution in [-0.2, 0) is 4.74 Å². The molecule has 0 saturated heterocycles. The molecule has 1 heterocycles. The molecular weight excluding hydrogens is 209 g/mol. The van der Waals surface area contributed by atoms with E-state index in [9.17, 15) is 14.8 Å². The number of esters is 1. The molecule has 5 nitrogen and oxygen atoms in total. The van der Waals surface area contributed by atoms with Crippen LogP contribution in [0.2, 0.25) is 0 Å². The Balaban J connectivity index is 2.39. The van der Waals surface area contributed by atoms with Crippen LogP contribution in [0.1, 0.15) is 34.8 Å². The lowest BCUT2D eigenvalue weighted by Gasteiger charge is -2.08. The second kappa shape index (κ2) is 4.23. The number of aromatic nitrogens is 1. The zero-order valence-corrected chi connectivity index (χ0v) is 8.88. The Morgan fingerprint density at radius 3 is 2.75 bits per heavy atom. The van der Waals surface area contributed by atoms with Crippen LogP contribution in [-0.4, -0.2) is 35.2 Å². The molecule has 1 saturated carbocycles. The first-order chi connectivity index (χ1) is 7.63. The van der Waals surface area contributed by atoms with Crippen LogP contribution in [0.4, 0.5) is 0 Å². The average molecular weight is 221 g/mol. The van der Waals surface area contributed by atoms with Crippen LogP contribution >= 0.6 is 0 Å². The molecule has 0 unspecified atom stereocenters. The summed E-state index contributed by atoms with van der Waals surface area (Å²) in [5.74, 6) is -0.236. The van der Waals surface area contributed by atoms with Gasteiger partial charge < -0.3 is 14.8 Å². The van der Waals surface area contributed by atoms with Crippen LogP contribution in [0.25, 0.3) is 0 Å². The van der Waals surface area contributed by atoms with Crippen molar-refractivity contribution in [2.45, 2.75) is 18.8 Å². The van der Waals surface area contributed by atoms with Crippen LogP contribution < -0.4 is 5.46 Å². The summed E-state index contributed by atoms with van der Waals surface area (Å²) < 4.78 is 4.54. The van der Waals surface area contributed by atoms with Gasteiger partial charge in [-0.25, -0.2) is 4.79 Å². The standard InChI is InChI=1S/C10H12BNO4/c1-16-10(13)7-4-8(11(14)15)9(12-5-7)6-2-3-6/h4-6,14-15H,2-3H2,1H3. The van der Waals surface area contributed by atoms with Gasteiger partial charge in [0.2, 0.25) is 0 Å². The lowest BCUT2D eigenvalue weighted by Crippen LogP contribution is -2.34. The van der Waals surface area contributed by atoms with Gasteiger partial charge >= 0.3 is 13.1 Å². The van der Waals surface area contributed by atoms with Crippen molar-refractivity contribution >= 4 is 18.6 Å². The van der Waals surface area contributed by atoms with E-state index in [1.165, 1.54) is 19.4 Å². The van der Waals surface area contributed by atoms with E-state index in [1.54, 1.807) is 0 Å². The Hall–Kier alpha value is -1.40. The highest BCUT2D eigenvalue weighted by Gasteiger charge is 2.31. The van der Waals surface area contributed by atoms with E-state index >= 15 is 0 Å². The highest BCUT2D eigenvalue weighted by Crippen LogP contribution is 2.38. The Morgan fingerprint density at radius 2 is 2.25 bits per heavy atom. The largest absolute Gasteiger partial charge is 0.490 e. The normalized spacial score (nSPS) is 14.7. The van der Waals surface area contributed by atoms with E-state index in [0.29, 0.717) is 17.1 Å². The third-order valence-electron chi connectivity index (χ3n) is 2.61. The van der Waals surface area contributed by atoms with E-state index in [1.807, 2.05) is 0 Å². The summed E-state index contributed by atoms with van der Waals surface area (Å²) in [6.07, 6.45) is 3.42. The molecule has 0 bridgehead atoms. The predicted molar refractivity (Wildman–Crippen MR) is 57.4 cm³/mol. The molecule has 0 amide bonds. The average Bonchev–Trinajstić information content (AvgIpc) is 3.11. The van der Waals surface area contributed by atoms with Crippen LogP contribution in [0.5, 0.6) is 0 Å². The van der Waals surface area contributed by atoms with Gasteiger partial charge in [0.25, 0.3) is 0 Å². The monoisotopic (exact) mass is 221 g/mol. The minimum atomic E-state index is -1.60. The number of methoxy groups -OCH3 is 1. The summed E-state index contributed by atoms with van der Waals surface area (Å²) in [5.41, 5.74) is 1.20. The maximum Gasteiger partial charge on any atom is 0.490 e. The number of hydrogen-bond acceptors (Lipinski definition) is 5. The van der Waals surface area contributed by atoms with Crippen molar-refractivity contribution in [3.63, 3.8) is 0 Å². The Morgan fingerprint density at radius 1 is 1.56 bits per heavy atom. The highest BCUT2D eigenvalue weighted by atomic mass is 16.5. The SMILES string of the molecule is COC(=O)c1cnc(C2CC2)c(B(O)O)c1. The molecular formula is C10H12BNO4. The topological polar surface area (TPSA) is 79.7 Å². The summed E-state index contributed by atoms with van der Waals surface area (Å²) in [5, 5.41) is 18.4. The van der Waals surface area contributed by atoms with Gasteiger partial charge in [0.1, 0.15) is 0 Å². The van der Waals surface area contributed by atoms with E-state index in [0.717, 1.165) is 12.8 Å². The first-order valence-corrected chi connectivity index (χ1v) is 5.07. The summed E-state index contributed by atoms with van der Waals surface area (Å²) in [6.45, 7) is 0. The van der Waals surface area contributed by atoms with Gasteiger partial charge in [-0.1, -0.05) is 0 Å². The molecule has 1 aromatic heterocycles. The summed E-state index contributed by atoms with van der Waals surface area (Å²) in [6, 6.07) is 1.43. The lowest BCUT2D eigenvalue weighted by atomic mass is 9.77. The number of carbonyl (C=O) groups is 1. The molecule has 2 N–H and O–H groups in total. The number of nitrogens with zero attached hydrogens (tertiary/aromatic N) is 1. The van der Waals surface area contributed by atoms with Crippen LogP contribution in [0.3, 0.4) is 0 Å². The van der Waals surface area contributed by atoms with Crippen molar-refractivity contribution in [1.82, 2.24) is 4.98 Å². The van der Waals surface area contributed by atoms with Gasteiger partial charge in [-0.15, -0.1) is 0 Å². The number of pyridine rings is 1. The third-order valence-corrected chi connectivity index (χ3v) is 2.61. The maximum absolute atomic E-state index is 11.3. The molecule has 6 heteroatoms. The molecule has 1 aliphatic carbocycles. The predicted octanol–water partition coefficient (Wildman–Crippen LogP) is -0.575. The van der Waals surface area contributed by atoms with Crippen LogP contribution in [0, 0.1) is 0 Å². The molecule has 0 atom stereocenters. The second-order valence-corrected chi connectivity index (χ2v) is 3.84. The fourth-order valence-electron chi connectivity index (χ4n) is 1.63. The molecule has 1 aliphatic rings. The third kappa shape index (κ3) is 2.07. The van der Waals surface area contributed by atoms with Gasteiger partial charge in [0.05, 0.1) is 12.7 Å². The smallest absolute Gasteiger partial charge is 0.465 e.